The Morgan fingerprint density at radius 2 is 1.64 bits per heavy atom. The van der Waals surface area contributed by atoms with E-state index in [2.05, 4.69) is 18.0 Å². The third kappa shape index (κ3) is 6.49. The van der Waals surface area contributed by atoms with Crippen LogP contribution in [0.25, 0.3) is 22.4 Å². The largest absolute Gasteiger partial charge is 0.396 e. The number of carbonyl (C=O) groups excluding carboxylic acids is 2. The Bertz CT molecular complexity index is 1560. The normalized spacial score (nSPS) is 18.2. The number of hydrogen-bond donors (Lipinski definition) is 1. The van der Waals surface area contributed by atoms with Crippen molar-refractivity contribution in [2.45, 2.75) is 44.5 Å². The summed E-state index contributed by atoms with van der Waals surface area (Å²) in [6.45, 7) is 9.07. The lowest BCUT2D eigenvalue weighted by Gasteiger charge is -2.32. The number of pyridine rings is 1. The molecule has 0 saturated carbocycles. The van der Waals surface area contributed by atoms with Crippen LogP contribution in [0, 0.1) is 0 Å². The maximum Gasteiger partial charge on any atom is 0.272 e. The Kier molecular flexibility index (Phi) is 9.36. The van der Waals surface area contributed by atoms with Crippen LogP contribution in [0.15, 0.2) is 54.6 Å². The molecule has 1 fully saturated rings. The van der Waals surface area contributed by atoms with Crippen LogP contribution in [0.5, 0.6) is 0 Å². The zero-order chi connectivity index (χ0) is 31.8. The Hall–Kier alpha value is -3.44. The minimum atomic E-state index is -1.34. The zero-order valence-electron chi connectivity index (χ0n) is 26.5. The predicted octanol–water partition coefficient (Wildman–Crippen LogP) is 4.21. The topological polar surface area (TPSA) is 97.3 Å². The van der Waals surface area contributed by atoms with E-state index in [0.717, 1.165) is 40.9 Å². The van der Waals surface area contributed by atoms with E-state index in [0.29, 0.717) is 43.0 Å². The number of aromatic nitrogens is 1. The van der Waals surface area contributed by atoms with Crippen LogP contribution in [0.3, 0.4) is 0 Å². The fourth-order valence-electron chi connectivity index (χ4n) is 5.88. The standard InChI is InChI=1S/C34H43N5O4S/c1-34(2,3)44(43)39-22-27-21-28(33(42)38-17-15-37(6)16-18-38)35-31(30(27)29(39)14-19-40)26-9-7-8-25(20-26)23-10-12-24(13-11-23)32(41)36(4)5/h7-13,20-21,29,40H,14-19,22H2,1-6H3/t29-,44-/m0/s1. The second kappa shape index (κ2) is 12.9. The highest BCUT2D eigenvalue weighted by atomic mass is 32.2. The molecule has 234 valence electrons. The van der Waals surface area contributed by atoms with Gasteiger partial charge in [-0.25, -0.2) is 13.5 Å². The van der Waals surface area contributed by atoms with E-state index in [-0.39, 0.29) is 24.5 Å². The molecule has 9 nitrogen and oxygen atoms in total. The quantitative estimate of drug-likeness (QED) is 0.427. The Morgan fingerprint density at radius 1 is 0.977 bits per heavy atom. The molecule has 10 heteroatoms. The number of benzene rings is 2. The molecule has 3 aromatic rings. The highest BCUT2D eigenvalue weighted by molar-refractivity contribution is 7.84. The zero-order valence-corrected chi connectivity index (χ0v) is 27.4. The summed E-state index contributed by atoms with van der Waals surface area (Å²) in [5.41, 5.74) is 6.24. The minimum absolute atomic E-state index is 0.0565. The van der Waals surface area contributed by atoms with E-state index < -0.39 is 15.7 Å². The molecule has 1 aromatic heterocycles. The number of aliphatic hydroxyl groups is 1. The first-order chi connectivity index (χ1) is 20.9. The lowest BCUT2D eigenvalue weighted by atomic mass is 9.93. The number of carbonyl (C=O) groups is 2. The van der Waals surface area contributed by atoms with Crippen molar-refractivity contribution in [1.29, 1.82) is 0 Å². The summed E-state index contributed by atoms with van der Waals surface area (Å²) in [4.78, 5) is 36.9. The summed E-state index contributed by atoms with van der Waals surface area (Å²) < 4.78 is 15.2. The third-order valence-corrected chi connectivity index (χ3v) is 10.2. The lowest BCUT2D eigenvalue weighted by molar-refractivity contribution is 0.0658. The van der Waals surface area contributed by atoms with Gasteiger partial charge in [-0.1, -0.05) is 30.3 Å². The van der Waals surface area contributed by atoms with Crippen LogP contribution in [0.2, 0.25) is 0 Å². The number of amides is 2. The second-order valence-electron chi connectivity index (χ2n) is 12.8. The summed E-state index contributed by atoms with van der Waals surface area (Å²) in [6, 6.07) is 17.1. The molecule has 2 atom stereocenters. The molecule has 2 aliphatic rings. The molecular weight excluding hydrogens is 574 g/mol. The van der Waals surface area contributed by atoms with E-state index >= 15 is 0 Å². The third-order valence-electron chi connectivity index (χ3n) is 8.31. The Balaban J connectivity index is 1.61. The van der Waals surface area contributed by atoms with Crippen molar-refractivity contribution in [2.24, 2.45) is 0 Å². The SMILES string of the molecule is CN1CCN(C(=O)c2cc3c(c(-c4cccc(-c5ccc(C(=O)N(C)C)cc5)c4)n2)[C@H](CCO)N([S@@](=O)C(C)(C)C)C3)CC1. The molecule has 0 bridgehead atoms. The van der Waals surface area contributed by atoms with Crippen LogP contribution in [-0.2, 0) is 17.5 Å². The highest BCUT2D eigenvalue weighted by Gasteiger charge is 2.40. The van der Waals surface area contributed by atoms with Gasteiger partial charge in [-0.15, -0.1) is 0 Å². The second-order valence-corrected chi connectivity index (χ2v) is 15.0. The number of piperazine rings is 1. The summed E-state index contributed by atoms with van der Waals surface area (Å²) in [7, 11) is 4.18. The maximum absolute atomic E-state index is 13.8. The molecule has 0 radical (unpaired) electrons. The monoisotopic (exact) mass is 617 g/mol. The van der Waals surface area contributed by atoms with Gasteiger partial charge in [-0.05, 0) is 75.2 Å². The minimum Gasteiger partial charge on any atom is -0.396 e. The number of fused-ring (bicyclic) bond motifs is 1. The van der Waals surface area contributed by atoms with Gasteiger partial charge in [0.2, 0.25) is 0 Å². The van der Waals surface area contributed by atoms with E-state index in [9.17, 15) is 18.9 Å². The van der Waals surface area contributed by atoms with Crippen LogP contribution in [0.4, 0.5) is 0 Å². The van der Waals surface area contributed by atoms with Gasteiger partial charge in [-0.3, -0.25) is 9.59 Å². The number of likely N-dealkylation sites (N-methyl/N-ethyl adjacent to an activating group) is 1. The molecule has 0 spiro atoms. The van der Waals surface area contributed by atoms with Gasteiger partial charge >= 0.3 is 0 Å². The van der Waals surface area contributed by atoms with Gasteiger partial charge < -0.3 is 19.8 Å². The Morgan fingerprint density at radius 3 is 2.25 bits per heavy atom. The Labute approximate surface area is 263 Å². The number of hydrogen-bond acceptors (Lipinski definition) is 6. The lowest BCUT2D eigenvalue weighted by Crippen LogP contribution is -2.47. The van der Waals surface area contributed by atoms with Gasteiger partial charge in [0, 0.05) is 70.1 Å². The van der Waals surface area contributed by atoms with Gasteiger partial charge in [0.05, 0.1) is 16.5 Å². The van der Waals surface area contributed by atoms with E-state index in [4.69, 9.17) is 4.98 Å². The first kappa shape index (κ1) is 32.0. The molecule has 2 aromatic carbocycles. The van der Waals surface area contributed by atoms with Crippen molar-refractivity contribution in [3.63, 3.8) is 0 Å². The summed E-state index contributed by atoms with van der Waals surface area (Å²) >= 11 is 0. The van der Waals surface area contributed by atoms with E-state index in [1.807, 2.05) is 78.5 Å². The van der Waals surface area contributed by atoms with Crippen molar-refractivity contribution >= 4 is 22.8 Å². The molecule has 3 heterocycles. The summed E-state index contributed by atoms with van der Waals surface area (Å²) in [5, 5.41) is 10.1. The van der Waals surface area contributed by atoms with Gasteiger partial charge in [0.1, 0.15) is 16.7 Å². The maximum atomic E-state index is 13.8. The van der Waals surface area contributed by atoms with Gasteiger partial charge in [-0.2, -0.15) is 0 Å². The first-order valence-corrected chi connectivity index (χ1v) is 16.2. The van der Waals surface area contributed by atoms with E-state index in [1.165, 1.54) is 0 Å². The fraction of sp³-hybridized carbons (Fsp3) is 0.441. The highest BCUT2D eigenvalue weighted by Crippen LogP contribution is 2.44. The van der Waals surface area contributed by atoms with Crippen molar-refractivity contribution in [1.82, 2.24) is 24.0 Å². The molecule has 44 heavy (non-hydrogen) atoms. The molecule has 1 saturated heterocycles. The molecule has 1 N–H and O–H groups in total. The number of nitrogens with zero attached hydrogens (tertiary/aromatic N) is 5. The van der Waals surface area contributed by atoms with Gasteiger partial charge in [0.15, 0.2) is 0 Å². The molecule has 2 aliphatic heterocycles. The number of aliphatic hydroxyl groups excluding tert-OH is 1. The molecule has 0 unspecified atom stereocenters. The average molecular weight is 618 g/mol. The van der Waals surface area contributed by atoms with Crippen LogP contribution >= 0.6 is 0 Å². The van der Waals surface area contributed by atoms with Gasteiger partial charge in [0.25, 0.3) is 11.8 Å². The predicted molar refractivity (Wildman–Crippen MR) is 174 cm³/mol. The van der Waals surface area contributed by atoms with Crippen molar-refractivity contribution in [3.8, 4) is 22.4 Å². The molecular formula is C34H43N5O4S. The van der Waals surface area contributed by atoms with Crippen molar-refractivity contribution < 1.29 is 18.9 Å². The van der Waals surface area contributed by atoms with Crippen LogP contribution < -0.4 is 0 Å². The first-order valence-electron chi connectivity index (χ1n) is 15.1. The van der Waals surface area contributed by atoms with Crippen molar-refractivity contribution in [2.75, 3.05) is 53.9 Å². The van der Waals surface area contributed by atoms with E-state index in [1.54, 1.807) is 19.0 Å². The molecule has 0 aliphatic carbocycles. The average Bonchev–Trinajstić information content (AvgIpc) is 3.37. The summed E-state index contributed by atoms with van der Waals surface area (Å²) in [5.74, 6) is -0.160. The van der Waals surface area contributed by atoms with Crippen LogP contribution in [0.1, 0.15) is 65.2 Å². The molecule has 2 amide bonds. The van der Waals surface area contributed by atoms with Crippen LogP contribution in [-0.4, -0.2) is 104 Å². The fourth-order valence-corrected chi connectivity index (χ4v) is 7.28. The smallest absolute Gasteiger partial charge is 0.272 e. The van der Waals surface area contributed by atoms with Crippen molar-refractivity contribution in [3.05, 3.63) is 77.0 Å². The molecule has 5 rings (SSSR count). The number of rotatable bonds is 7. The summed E-state index contributed by atoms with van der Waals surface area (Å²) in [6.07, 6.45) is 0.399.